The number of hydrogen-bond donors (Lipinski definition) is 1. The van der Waals surface area contributed by atoms with Crippen molar-refractivity contribution in [2.45, 2.75) is 16.6 Å². The molecule has 0 aliphatic carbocycles. The summed E-state index contributed by atoms with van der Waals surface area (Å²) in [4.78, 5) is 12.2. The molecule has 2 aromatic carbocycles. The van der Waals surface area contributed by atoms with Gasteiger partial charge in [-0.2, -0.15) is 0 Å². The van der Waals surface area contributed by atoms with Crippen molar-refractivity contribution in [1.29, 1.82) is 0 Å². The average molecular weight is 358 g/mol. The molecule has 0 saturated carbocycles. The summed E-state index contributed by atoms with van der Waals surface area (Å²) in [6.07, 6.45) is 1.57. The Bertz CT molecular complexity index is 1160. The molecular formula is C19H14N6S. The van der Waals surface area contributed by atoms with Gasteiger partial charge in [-0.1, -0.05) is 53.7 Å². The maximum Gasteiger partial charge on any atom is 0.183 e. The summed E-state index contributed by atoms with van der Waals surface area (Å²) in [5.41, 5.74) is 3.71. The van der Waals surface area contributed by atoms with Crippen LogP contribution < -0.4 is 0 Å². The van der Waals surface area contributed by atoms with Gasteiger partial charge in [-0.05, 0) is 29.5 Å². The zero-order valence-electron chi connectivity index (χ0n) is 13.7. The number of rotatable bonds is 4. The molecule has 126 valence electrons. The van der Waals surface area contributed by atoms with Crippen molar-refractivity contribution in [2.75, 3.05) is 0 Å². The first-order valence-electron chi connectivity index (χ1n) is 8.20. The Hall–Kier alpha value is -3.19. The van der Waals surface area contributed by atoms with E-state index in [1.807, 2.05) is 35.0 Å². The lowest BCUT2D eigenvalue weighted by Gasteiger charge is -2.02. The van der Waals surface area contributed by atoms with Gasteiger partial charge in [0.15, 0.2) is 11.2 Å². The van der Waals surface area contributed by atoms with E-state index in [2.05, 4.69) is 55.6 Å². The van der Waals surface area contributed by atoms with Gasteiger partial charge in [0.05, 0.1) is 11.6 Å². The second-order valence-electron chi connectivity index (χ2n) is 5.91. The number of aromatic amines is 1. The smallest absolute Gasteiger partial charge is 0.183 e. The van der Waals surface area contributed by atoms with Crippen molar-refractivity contribution in [1.82, 2.24) is 29.9 Å². The first-order chi connectivity index (χ1) is 12.9. The summed E-state index contributed by atoms with van der Waals surface area (Å²) in [6, 6.07) is 20.5. The number of H-pyrrole nitrogens is 1. The number of nitrogens with zero attached hydrogens (tertiary/aromatic N) is 5. The maximum atomic E-state index is 4.41. The molecular weight excluding hydrogens is 344 g/mol. The van der Waals surface area contributed by atoms with Gasteiger partial charge in [0.2, 0.25) is 0 Å². The van der Waals surface area contributed by atoms with Crippen molar-refractivity contribution < 1.29 is 0 Å². The molecule has 5 aromatic rings. The summed E-state index contributed by atoms with van der Waals surface area (Å²) in [7, 11) is 0. The number of fused-ring (bicyclic) bond motifs is 2. The molecule has 1 N–H and O–H groups in total. The molecule has 7 heteroatoms. The Kier molecular flexibility index (Phi) is 3.64. The lowest BCUT2D eigenvalue weighted by molar-refractivity contribution is 0.664. The second kappa shape index (κ2) is 6.27. The standard InChI is InChI=1S/C19H14N6S/c1-2-6-13(7-3-1)11-25-18-17(23-24-25)19(21-12-20-18)26-16-10-14-8-4-5-9-15(14)22-16/h1-10,12,22H,11H2. The molecule has 0 spiro atoms. The molecule has 0 atom stereocenters. The number of benzene rings is 2. The molecule has 26 heavy (non-hydrogen) atoms. The third-order valence-corrected chi connectivity index (χ3v) is 5.09. The molecule has 0 unspecified atom stereocenters. The summed E-state index contributed by atoms with van der Waals surface area (Å²) in [6.45, 7) is 0.630. The van der Waals surface area contributed by atoms with Crippen LogP contribution in [0.2, 0.25) is 0 Å². The first-order valence-corrected chi connectivity index (χ1v) is 9.02. The number of aromatic nitrogens is 6. The van der Waals surface area contributed by atoms with Gasteiger partial charge in [-0.3, -0.25) is 0 Å². The highest BCUT2D eigenvalue weighted by Crippen LogP contribution is 2.31. The van der Waals surface area contributed by atoms with Crippen molar-refractivity contribution in [3.63, 3.8) is 0 Å². The van der Waals surface area contributed by atoms with E-state index < -0.39 is 0 Å². The zero-order chi connectivity index (χ0) is 17.3. The fourth-order valence-corrected chi connectivity index (χ4v) is 3.80. The molecule has 3 heterocycles. The van der Waals surface area contributed by atoms with Gasteiger partial charge in [-0.25, -0.2) is 14.6 Å². The molecule has 0 saturated heterocycles. The minimum atomic E-state index is 0.630. The Balaban J connectivity index is 1.50. The van der Waals surface area contributed by atoms with Crippen LogP contribution in [-0.4, -0.2) is 29.9 Å². The lowest BCUT2D eigenvalue weighted by Crippen LogP contribution is -2.02. The van der Waals surface area contributed by atoms with E-state index in [9.17, 15) is 0 Å². The molecule has 0 aliphatic rings. The van der Waals surface area contributed by atoms with Gasteiger partial charge in [0, 0.05) is 10.9 Å². The predicted octanol–water partition coefficient (Wildman–Crippen LogP) is 3.90. The second-order valence-corrected chi connectivity index (χ2v) is 6.94. The van der Waals surface area contributed by atoms with Crippen LogP contribution in [0.5, 0.6) is 0 Å². The summed E-state index contributed by atoms with van der Waals surface area (Å²) < 4.78 is 1.81. The third-order valence-electron chi connectivity index (χ3n) is 4.15. The van der Waals surface area contributed by atoms with Gasteiger partial charge < -0.3 is 4.98 Å². The van der Waals surface area contributed by atoms with Crippen molar-refractivity contribution in [2.24, 2.45) is 0 Å². The molecule has 0 radical (unpaired) electrons. The quantitative estimate of drug-likeness (QED) is 0.493. The van der Waals surface area contributed by atoms with Crippen LogP contribution in [0.15, 0.2) is 77.0 Å². The molecule has 6 nitrogen and oxygen atoms in total. The van der Waals surface area contributed by atoms with E-state index in [1.165, 1.54) is 17.1 Å². The Morgan fingerprint density at radius 1 is 0.962 bits per heavy atom. The monoisotopic (exact) mass is 358 g/mol. The Morgan fingerprint density at radius 3 is 2.69 bits per heavy atom. The van der Waals surface area contributed by atoms with Gasteiger partial charge in [0.1, 0.15) is 11.4 Å². The first kappa shape index (κ1) is 15.1. The minimum Gasteiger partial charge on any atom is -0.349 e. The summed E-state index contributed by atoms with van der Waals surface area (Å²) in [5.74, 6) is 0. The summed E-state index contributed by atoms with van der Waals surface area (Å²) >= 11 is 1.54. The van der Waals surface area contributed by atoms with Crippen LogP contribution in [0.4, 0.5) is 0 Å². The SMILES string of the molecule is c1ccc(Cn2nnc3c(Sc4cc5ccccc5[nH]4)ncnc32)cc1. The van der Waals surface area contributed by atoms with Gasteiger partial charge >= 0.3 is 0 Å². The number of nitrogens with one attached hydrogen (secondary N) is 1. The van der Waals surface area contributed by atoms with Crippen LogP contribution in [0.1, 0.15) is 5.56 Å². The molecule has 0 amide bonds. The fourth-order valence-electron chi connectivity index (χ4n) is 2.91. The van der Waals surface area contributed by atoms with E-state index in [4.69, 9.17) is 0 Å². The van der Waals surface area contributed by atoms with Crippen molar-refractivity contribution in [3.05, 3.63) is 72.6 Å². The van der Waals surface area contributed by atoms with Crippen LogP contribution in [0.25, 0.3) is 22.1 Å². The molecule has 5 rings (SSSR count). The van der Waals surface area contributed by atoms with E-state index in [1.54, 1.807) is 6.33 Å². The van der Waals surface area contributed by atoms with E-state index in [0.29, 0.717) is 12.1 Å². The normalized spacial score (nSPS) is 11.4. The molecule has 0 fully saturated rings. The van der Waals surface area contributed by atoms with E-state index in [-0.39, 0.29) is 0 Å². The summed E-state index contributed by atoms with van der Waals surface area (Å²) in [5, 5.41) is 11.6. The topological polar surface area (TPSA) is 72.3 Å². The van der Waals surface area contributed by atoms with Crippen LogP contribution in [0, 0.1) is 0 Å². The lowest BCUT2D eigenvalue weighted by atomic mass is 10.2. The third kappa shape index (κ3) is 2.72. The van der Waals surface area contributed by atoms with Gasteiger partial charge in [0.25, 0.3) is 0 Å². The van der Waals surface area contributed by atoms with Crippen LogP contribution >= 0.6 is 11.8 Å². The van der Waals surface area contributed by atoms with E-state index in [0.717, 1.165) is 26.8 Å². The number of para-hydroxylation sites is 1. The zero-order valence-corrected chi connectivity index (χ0v) is 14.5. The Morgan fingerprint density at radius 2 is 1.81 bits per heavy atom. The van der Waals surface area contributed by atoms with Crippen molar-refractivity contribution in [3.8, 4) is 0 Å². The fraction of sp³-hybridized carbons (Fsp3) is 0.0526. The number of hydrogen-bond acceptors (Lipinski definition) is 5. The highest BCUT2D eigenvalue weighted by molar-refractivity contribution is 7.99. The molecule has 0 aliphatic heterocycles. The minimum absolute atomic E-state index is 0.630. The van der Waals surface area contributed by atoms with Crippen molar-refractivity contribution >= 4 is 33.8 Å². The van der Waals surface area contributed by atoms with E-state index >= 15 is 0 Å². The molecule has 0 bridgehead atoms. The average Bonchev–Trinajstić information content (AvgIpc) is 3.27. The largest absolute Gasteiger partial charge is 0.349 e. The van der Waals surface area contributed by atoms with Gasteiger partial charge in [-0.15, -0.1) is 5.10 Å². The highest BCUT2D eigenvalue weighted by atomic mass is 32.2. The van der Waals surface area contributed by atoms with Crippen LogP contribution in [-0.2, 0) is 6.54 Å². The highest BCUT2D eigenvalue weighted by Gasteiger charge is 2.14. The predicted molar refractivity (Wildman–Crippen MR) is 101 cm³/mol. The molecule has 3 aromatic heterocycles. The maximum absolute atomic E-state index is 4.41. The van der Waals surface area contributed by atoms with Crippen LogP contribution in [0.3, 0.4) is 0 Å². The Labute approximate surface area is 153 Å².